The van der Waals surface area contributed by atoms with Crippen molar-refractivity contribution in [3.8, 4) is 0 Å². The number of nitrogens with zero attached hydrogens (tertiary/aromatic N) is 2. The number of pyridine rings is 1. The number of anilines is 1. The summed E-state index contributed by atoms with van der Waals surface area (Å²) in [6.45, 7) is 3.97. The van der Waals surface area contributed by atoms with Crippen molar-refractivity contribution in [2.24, 2.45) is 5.73 Å². The summed E-state index contributed by atoms with van der Waals surface area (Å²) in [5, 5.41) is 4.47. The summed E-state index contributed by atoms with van der Waals surface area (Å²) in [7, 11) is 0. The zero-order valence-corrected chi connectivity index (χ0v) is 12.0. The first-order valence-electron chi connectivity index (χ1n) is 5.61. The highest BCUT2D eigenvalue weighted by atomic mass is 35.5. The Bertz CT molecular complexity index is 614. The molecule has 2 heterocycles. The van der Waals surface area contributed by atoms with Gasteiger partial charge in [0, 0.05) is 17.3 Å². The molecule has 0 aliphatic carbocycles. The van der Waals surface area contributed by atoms with Gasteiger partial charge < -0.3 is 11.1 Å². The lowest BCUT2D eigenvalue weighted by Gasteiger charge is -2.13. The largest absolute Gasteiger partial charge is 0.366 e. The quantitative estimate of drug-likeness (QED) is 0.909. The summed E-state index contributed by atoms with van der Waals surface area (Å²) in [5.41, 5.74) is 5.45. The predicted octanol–water partition coefficient (Wildman–Crippen LogP) is 2.77. The van der Waals surface area contributed by atoms with Gasteiger partial charge in [0.25, 0.3) is 0 Å². The first kappa shape index (κ1) is 13.8. The lowest BCUT2D eigenvalue weighted by Crippen LogP contribution is -2.13. The minimum atomic E-state index is -0.551. The van der Waals surface area contributed by atoms with Crippen molar-refractivity contribution in [1.82, 2.24) is 9.97 Å². The number of nitrogens with two attached hydrogens (primary N) is 1. The number of halogens is 1. The fourth-order valence-electron chi connectivity index (χ4n) is 1.52. The molecule has 5 nitrogen and oxygen atoms in total. The number of primary amides is 1. The van der Waals surface area contributed by atoms with E-state index in [9.17, 15) is 4.79 Å². The molecule has 0 fully saturated rings. The van der Waals surface area contributed by atoms with Crippen molar-refractivity contribution in [2.45, 2.75) is 19.9 Å². The minimum Gasteiger partial charge on any atom is -0.366 e. The molecule has 1 atom stereocenters. The van der Waals surface area contributed by atoms with Crippen molar-refractivity contribution in [3.05, 3.63) is 38.9 Å². The van der Waals surface area contributed by atoms with E-state index >= 15 is 0 Å². The molecule has 0 saturated carbocycles. The summed E-state index contributed by atoms with van der Waals surface area (Å²) in [4.78, 5) is 20.6. The first-order valence-corrected chi connectivity index (χ1v) is 6.81. The number of aromatic nitrogens is 2. The van der Waals surface area contributed by atoms with Crippen molar-refractivity contribution in [3.63, 3.8) is 0 Å². The molecule has 1 amide bonds. The van der Waals surface area contributed by atoms with Crippen LogP contribution in [0, 0.1) is 6.92 Å². The maximum Gasteiger partial charge on any atom is 0.250 e. The zero-order valence-electron chi connectivity index (χ0n) is 10.5. The van der Waals surface area contributed by atoms with Gasteiger partial charge in [0.05, 0.1) is 16.6 Å². The Morgan fingerprint density at radius 1 is 1.47 bits per heavy atom. The van der Waals surface area contributed by atoms with Gasteiger partial charge in [-0.2, -0.15) is 0 Å². The van der Waals surface area contributed by atoms with Crippen LogP contribution in [0.2, 0.25) is 5.02 Å². The van der Waals surface area contributed by atoms with Gasteiger partial charge in [0.1, 0.15) is 10.8 Å². The van der Waals surface area contributed by atoms with Gasteiger partial charge >= 0.3 is 0 Å². The van der Waals surface area contributed by atoms with Crippen LogP contribution in [0.3, 0.4) is 0 Å². The molecule has 7 heteroatoms. The highest BCUT2D eigenvalue weighted by Gasteiger charge is 2.13. The number of aryl methyl sites for hydroxylation is 1. The maximum absolute atomic E-state index is 11.0. The summed E-state index contributed by atoms with van der Waals surface area (Å²) >= 11 is 7.67. The van der Waals surface area contributed by atoms with Gasteiger partial charge in [-0.25, -0.2) is 9.97 Å². The number of nitrogens with one attached hydrogen (secondary N) is 1. The maximum atomic E-state index is 11.0. The SMILES string of the molecule is Cc1cnc(C(C)Nc2ncc(C(N)=O)cc2Cl)s1. The van der Waals surface area contributed by atoms with Gasteiger partial charge in [0.2, 0.25) is 5.91 Å². The molecular formula is C12H13ClN4OS. The molecular weight excluding hydrogens is 284 g/mol. The lowest BCUT2D eigenvalue weighted by molar-refractivity contribution is 0.1000. The third-order valence-corrected chi connectivity index (χ3v) is 3.87. The molecule has 0 radical (unpaired) electrons. The lowest BCUT2D eigenvalue weighted by atomic mass is 10.2. The average molecular weight is 297 g/mol. The number of rotatable bonds is 4. The van der Waals surface area contributed by atoms with E-state index in [4.69, 9.17) is 17.3 Å². The van der Waals surface area contributed by atoms with Crippen LogP contribution in [0.25, 0.3) is 0 Å². The van der Waals surface area contributed by atoms with Gasteiger partial charge in [-0.1, -0.05) is 11.6 Å². The molecule has 0 saturated heterocycles. The molecule has 100 valence electrons. The highest BCUT2D eigenvalue weighted by Crippen LogP contribution is 2.26. The first-order chi connectivity index (χ1) is 8.97. The van der Waals surface area contributed by atoms with E-state index in [2.05, 4.69) is 15.3 Å². The molecule has 0 aliphatic heterocycles. The van der Waals surface area contributed by atoms with E-state index in [-0.39, 0.29) is 11.6 Å². The third-order valence-electron chi connectivity index (χ3n) is 2.49. The van der Waals surface area contributed by atoms with E-state index in [1.165, 1.54) is 12.3 Å². The Morgan fingerprint density at radius 3 is 2.74 bits per heavy atom. The van der Waals surface area contributed by atoms with E-state index in [0.717, 1.165) is 9.88 Å². The number of hydrogen-bond acceptors (Lipinski definition) is 5. The van der Waals surface area contributed by atoms with Crippen LogP contribution in [-0.4, -0.2) is 15.9 Å². The molecule has 19 heavy (non-hydrogen) atoms. The van der Waals surface area contributed by atoms with Gasteiger partial charge in [-0.05, 0) is 19.9 Å². The summed E-state index contributed by atoms with van der Waals surface area (Å²) in [6.07, 6.45) is 3.22. The van der Waals surface area contributed by atoms with Crippen LogP contribution in [0.4, 0.5) is 5.82 Å². The smallest absolute Gasteiger partial charge is 0.250 e. The predicted molar refractivity (Wildman–Crippen MR) is 76.7 cm³/mol. The van der Waals surface area contributed by atoms with E-state index in [1.807, 2.05) is 20.0 Å². The van der Waals surface area contributed by atoms with Crippen LogP contribution in [0.5, 0.6) is 0 Å². The molecule has 2 aromatic heterocycles. The number of thiazole rings is 1. The number of amides is 1. The highest BCUT2D eigenvalue weighted by molar-refractivity contribution is 7.11. The minimum absolute atomic E-state index is 0.0110. The molecule has 0 aromatic carbocycles. The van der Waals surface area contributed by atoms with E-state index in [1.54, 1.807) is 11.3 Å². The Morgan fingerprint density at radius 2 is 2.21 bits per heavy atom. The number of carbonyl (C=O) groups excluding carboxylic acids is 1. The van der Waals surface area contributed by atoms with Crippen LogP contribution < -0.4 is 11.1 Å². The molecule has 0 bridgehead atoms. The second-order valence-corrected chi connectivity index (χ2v) is 5.77. The van der Waals surface area contributed by atoms with E-state index in [0.29, 0.717) is 10.8 Å². The molecule has 2 rings (SSSR count). The number of hydrogen-bond donors (Lipinski definition) is 2. The Balaban J connectivity index is 2.17. The average Bonchev–Trinajstić information content (AvgIpc) is 2.78. The summed E-state index contributed by atoms with van der Waals surface area (Å²) < 4.78 is 0. The van der Waals surface area contributed by atoms with Gasteiger partial charge in [0.15, 0.2) is 0 Å². The normalized spacial score (nSPS) is 12.2. The zero-order chi connectivity index (χ0) is 14.0. The third kappa shape index (κ3) is 3.21. The second kappa shape index (κ2) is 5.54. The van der Waals surface area contributed by atoms with Crippen LogP contribution >= 0.6 is 22.9 Å². The Kier molecular flexibility index (Phi) is 4.01. The molecule has 2 aromatic rings. The standard InChI is InChI=1S/C12H13ClN4OS/c1-6-4-16-12(19-6)7(2)17-11-9(13)3-8(5-15-11)10(14)18/h3-5,7H,1-2H3,(H2,14,18)(H,15,17). The topological polar surface area (TPSA) is 80.9 Å². The molecule has 3 N–H and O–H groups in total. The molecule has 0 aliphatic rings. The van der Waals surface area contributed by atoms with Crippen LogP contribution in [0.1, 0.15) is 33.2 Å². The molecule has 0 spiro atoms. The Labute approximate surface area is 119 Å². The van der Waals surface area contributed by atoms with Gasteiger partial charge in [-0.3, -0.25) is 4.79 Å². The molecule has 1 unspecified atom stereocenters. The van der Waals surface area contributed by atoms with Crippen molar-refractivity contribution in [1.29, 1.82) is 0 Å². The van der Waals surface area contributed by atoms with Gasteiger partial charge in [-0.15, -0.1) is 11.3 Å². The van der Waals surface area contributed by atoms with Crippen molar-refractivity contribution >= 4 is 34.7 Å². The van der Waals surface area contributed by atoms with Crippen molar-refractivity contribution < 1.29 is 4.79 Å². The fraction of sp³-hybridized carbons (Fsp3) is 0.250. The van der Waals surface area contributed by atoms with Crippen molar-refractivity contribution in [2.75, 3.05) is 5.32 Å². The van der Waals surface area contributed by atoms with Crippen LogP contribution in [-0.2, 0) is 0 Å². The monoisotopic (exact) mass is 296 g/mol. The Hall–Kier alpha value is -1.66. The summed E-state index contributed by atoms with van der Waals surface area (Å²) in [6, 6.07) is 1.49. The van der Waals surface area contributed by atoms with Crippen LogP contribution in [0.15, 0.2) is 18.5 Å². The van der Waals surface area contributed by atoms with E-state index < -0.39 is 5.91 Å². The second-order valence-electron chi connectivity index (χ2n) is 4.09. The summed E-state index contributed by atoms with van der Waals surface area (Å²) in [5.74, 6) is -0.0448. The number of carbonyl (C=O) groups is 1. The fourth-order valence-corrected chi connectivity index (χ4v) is 2.52.